The Morgan fingerprint density at radius 1 is 1.43 bits per heavy atom. The Morgan fingerprint density at radius 2 is 2.07 bits per heavy atom. The summed E-state index contributed by atoms with van der Waals surface area (Å²) in [6, 6.07) is 6.30. The molecule has 14 heavy (non-hydrogen) atoms. The molecule has 0 aliphatic carbocycles. The minimum absolute atomic E-state index is 0.0893. The predicted octanol–water partition coefficient (Wildman–Crippen LogP) is 1.43. The number of rotatable bonds is 3. The molecule has 78 valence electrons. The Kier molecular flexibility index (Phi) is 3.13. The number of benzene rings is 1. The topological polar surface area (TPSA) is 63.6 Å². The largest absolute Gasteiger partial charge is 0.508 e. The maximum atomic E-state index is 10.8. The molecule has 0 bridgehead atoms. The number of phenols is 1. The van der Waals surface area contributed by atoms with Gasteiger partial charge in [0.15, 0.2) is 0 Å². The van der Waals surface area contributed by atoms with Gasteiger partial charge in [0, 0.05) is 0 Å². The van der Waals surface area contributed by atoms with E-state index in [2.05, 4.69) is 0 Å². The highest BCUT2D eigenvalue weighted by Gasteiger charge is 2.12. The van der Waals surface area contributed by atoms with E-state index >= 15 is 0 Å². The van der Waals surface area contributed by atoms with Crippen LogP contribution >= 0.6 is 0 Å². The highest BCUT2D eigenvalue weighted by atomic mass is 32.2. The van der Waals surface area contributed by atoms with Crippen LogP contribution in [0.5, 0.6) is 5.75 Å². The van der Waals surface area contributed by atoms with Crippen molar-refractivity contribution < 1.29 is 17.7 Å². The van der Waals surface area contributed by atoms with Crippen molar-refractivity contribution in [3.05, 3.63) is 29.8 Å². The summed E-state index contributed by atoms with van der Waals surface area (Å²) in [5.41, 5.74) is 0.621. The molecule has 1 atom stereocenters. The molecule has 1 unspecified atom stereocenters. The van der Waals surface area contributed by atoms with Crippen LogP contribution in [0.4, 0.5) is 0 Å². The molecule has 1 aromatic carbocycles. The predicted molar refractivity (Wildman–Crippen MR) is 52.5 cm³/mol. The molecule has 1 N–H and O–H groups in total. The molecular formula is C9H12O4S. The van der Waals surface area contributed by atoms with Crippen molar-refractivity contribution in [3.63, 3.8) is 0 Å². The quantitative estimate of drug-likeness (QED) is 0.776. The smallest absolute Gasteiger partial charge is 0.264 e. The van der Waals surface area contributed by atoms with E-state index in [0.29, 0.717) is 5.56 Å². The molecule has 0 radical (unpaired) electrons. The zero-order chi connectivity index (χ0) is 10.8. The SMILES string of the molecule is CC(OS(C)(=O)=O)c1cccc(O)c1. The van der Waals surface area contributed by atoms with Gasteiger partial charge in [-0.2, -0.15) is 8.42 Å². The summed E-state index contributed by atoms with van der Waals surface area (Å²) in [6.07, 6.45) is 0.406. The van der Waals surface area contributed by atoms with Gasteiger partial charge in [-0.25, -0.2) is 0 Å². The van der Waals surface area contributed by atoms with Crippen molar-refractivity contribution >= 4 is 10.1 Å². The Bertz CT molecular complexity index is 411. The van der Waals surface area contributed by atoms with Gasteiger partial charge in [-0.05, 0) is 24.6 Å². The molecule has 1 rings (SSSR count). The van der Waals surface area contributed by atoms with E-state index in [9.17, 15) is 8.42 Å². The fourth-order valence-corrected chi connectivity index (χ4v) is 1.73. The van der Waals surface area contributed by atoms with Crippen LogP contribution in [-0.4, -0.2) is 19.8 Å². The Labute approximate surface area is 83.3 Å². The monoisotopic (exact) mass is 216 g/mol. The van der Waals surface area contributed by atoms with Crippen LogP contribution in [0.1, 0.15) is 18.6 Å². The van der Waals surface area contributed by atoms with Gasteiger partial charge in [-0.3, -0.25) is 4.18 Å². The molecule has 0 aromatic heterocycles. The number of aromatic hydroxyl groups is 1. The van der Waals surface area contributed by atoms with Crippen LogP contribution in [0.15, 0.2) is 24.3 Å². The average Bonchev–Trinajstić information content (AvgIpc) is 2.01. The molecule has 0 saturated heterocycles. The summed E-state index contributed by atoms with van der Waals surface area (Å²) in [5.74, 6) is 0.0893. The number of hydrogen-bond donors (Lipinski definition) is 1. The van der Waals surface area contributed by atoms with Crippen molar-refractivity contribution in [2.75, 3.05) is 6.26 Å². The molecule has 5 heteroatoms. The zero-order valence-corrected chi connectivity index (χ0v) is 8.78. The minimum Gasteiger partial charge on any atom is -0.508 e. The van der Waals surface area contributed by atoms with E-state index in [1.807, 2.05) is 0 Å². The van der Waals surface area contributed by atoms with Crippen LogP contribution in [-0.2, 0) is 14.3 Å². The normalized spacial score (nSPS) is 13.9. The summed E-state index contributed by atoms with van der Waals surface area (Å²) < 4.78 is 26.4. The molecule has 0 aliphatic heterocycles. The third-order valence-corrected chi connectivity index (χ3v) is 2.30. The first-order chi connectivity index (χ1) is 6.38. The third kappa shape index (κ3) is 3.35. The molecule has 0 spiro atoms. The van der Waals surface area contributed by atoms with Crippen LogP contribution in [0, 0.1) is 0 Å². The summed E-state index contributed by atoms with van der Waals surface area (Å²) >= 11 is 0. The van der Waals surface area contributed by atoms with Gasteiger partial charge in [-0.1, -0.05) is 12.1 Å². The van der Waals surface area contributed by atoms with Gasteiger partial charge in [0.05, 0.1) is 12.4 Å². The molecule has 0 aliphatic rings. The first-order valence-electron chi connectivity index (χ1n) is 4.05. The molecule has 0 amide bonds. The lowest BCUT2D eigenvalue weighted by Crippen LogP contribution is -2.07. The highest BCUT2D eigenvalue weighted by molar-refractivity contribution is 7.86. The summed E-state index contributed by atoms with van der Waals surface area (Å²) in [5, 5.41) is 9.16. The van der Waals surface area contributed by atoms with Gasteiger partial charge in [0.25, 0.3) is 10.1 Å². The van der Waals surface area contributed by atoms with Crippen molar-refractivity contribution in [1.29, 1.82) is 0 Å². The van der Waals surface area contributed by atoms with Gasteiger partial charge in [-0.15, -0.1) is 0 Å². The summed E-state index contributed by atoms with van der Waals surface area (Å²) in [4.78, 5) is 0. The third-order valence-electron chi connectivity index (χ3n) is 1.66. The standard InChI is InChI=1S/C9H12O4S/c1-7(13-14(2,11)12)8-4-3-5-9(10)6-8/h3-7,10H,1-2H3. The first-order valence-corrected chi connectivity index (χ1v) is 5.87. The second-order valence-electron chi connectivity index (χ2n) is 3.04. The van der Waals surface area contributed by atoms with Crippen LogP contribution in [0.25, 0.3) is 0 Å². The Morgan fingerprint density at radius 3 is 2.57 bits per heavy atom. The molecule has 1 aromatic rings. The second kappa shape index (κ2) is 3.98. The first kappa shape index (κ1) is 11.0. The van der Waals surface area contributed by atoms with Crippen molar-refractivity contribution in [1.82, 2.24) is 0 Å². The lowest BCUT2D eigenvalue weighted by Gasteiger charge is -2.11. The minimum atomic E-state index is -3.47. The number of hydrogen-bond acceptors (Lipinski definition) is 4. The van der Waals surface area contributed by atoms with E-state index in [-0.39, 0.29) is 5.75 Å². The van der Waals surface area contributed by atoms with Gasteiger partial charge < -0.3 is 5.11 Å². The Hall–Kier alpha value is -1.07. The van der Waals surface area contributed by atoms with Crippen molar-refractivity contribution in [2.24, 2.45) is 0 Å². The van der Waals surface area contributed by atoms with E-state index in [4.69, 9.17) is 9.29 Å². The van der Waals surface area contributed by atoms with E-state index in [0.717, 1.165) is 6.26 Å². The van der Waals surface area contributed by atoms with Crippen molar-refractivity contribution in [3.8, 4) is 5.75 Å². The fraction of sp³-hybridized carbons (Fsp3) is 0.333. The fourth-order valence-electron chi connectivity index (χ4n) is 1.10. The molecule has 0 heterocycles. The van der Waals surface area contributed by atoms with E-state index < -0.39 is 16.2 Å². The van der Waals surface area contributed by atoms with Gasteiger partial charge >= 0.3 is 0 Å². The van der Waals surface area contributed by atoms with Gasteiger partial charge in [0.1, 0.15) is 5.75 Å². The Balaban J connectivity index is 2.85. The molecule has 4 nitrogen and oxygen atoms in total. The average molecular weight is 216 g/mol. The molecule has 0 fully saturated rings. The maximum Gasteiger partial charge on any atom is 0.264 e. The summed E-state index contributed by atoms with van der Waals surface area (Å²) in [7, 11) is -3.47. The molecule has 0 saturated carbocycles. The van der Waals surface area contributed by atoms with Crippen LogP contribution in [0.3, 0.4) is 0 Å². The zero-order valence-electron chi connectivity index (χ0n) is 7.97. The summed E-state index contributed by atoms with van der Waals surface area (Å²) in [6.45, 7) is 1.61. The lowest BCUT2D eigenvalue weighted by molar-refractivity contribution is 0.236. The molecular weight excluding hydrogens is 204 g/mol. The van der Waals surface area contributed by atoms with E-state index in [1.165, 1.54) is 12.1 Å². The second-order valence-corrected chi connectivity index (χ2v) is 4.64. The van der Waals surface area contributed by atoms with Crippen LogP contribution < -0.4 is 0 Å². The van der Waals surface area contributed by atoms with Crippen molar-refractivity contribution in [2.45, 2.75) is 13.0 Å². The maximum absolute atomic E-state index is 10.8. The van der Waals surface area contributed by atoms with Crippen LogP contribution in [0.2, 0.25) is 0 Å². The van der Waals surface area contributed by atoms with E-state index in [1.54, 1.807) is 19.1 Å². The number of phenolic OH excluding ortho intramolecular Hbond substituents is 1. The highest BCUT2D eigenvalue weighted by Crippen LogP contribution is 2.21. The van der Waals surface area contributed by atoms with Gasteiger partial charge in [0.2, 0.25) is 0 Å². The lowest BCUT2D eigenvalue weighted by atomic mass is 10.1.